The minimum atomic E-state index is -5.04. The van der Waals surface area contributed by atoms with Crippen LogP contribution in [0.25, 0.3) is 21.9 Å². The topological polar surface area (TPSA) is 292 Å². The highest BCUT2D eigenvalue weighted by molar-refractivity contribution is 7.47. The van der Waals surface area contributed by atoms with E-state index in [1.54, 1.807) is 0 Å². The molecule has 4 aromatic rings. The molecule has 0 bridgehead atoms. The summed E-state index contributed by atoms with van der Waals surface area (Å²) >= 11 is 0. The number of imide groups is 1. The molecule has 0 aliphatic carbocycles. The fraction of sp³-hybridized carbons (Fsp3) is 0.429. The van der Waals surface area contributed by atoms with Gasteiger partial charge in [0.15, 0.2) is 5.82 Å². The Morgan fingerprint density at radius 3 is 2.32 bits per heavy atom. The molecule has 7 N–H and O–H groups in total. The Morgan fingerprint density at radius 1 is 0.895 bits per heavy atom. The number of aromatic nitrogens is 3. The number of nitrogens with two attached hydrogens (primary N) is 1. The van der Waals surface area contributed by atoms with Crippen LogP contribution < -0.4 is 20.1 Å². The van der Waals surface area contributed by atoms with E-state index >= 15 is 0 Å². The number of anilines is 1. The van der Waals surface area contributed by atoms with Crippen molar-refractivity contribution in [1.29, 1.82) is 0 Å². The molecule has 1 fully saturated rings. The van der Waals surface area contributed by atoms with Crippen LogP contribution in [0.5, 0.6) is 11.5 Å². The highest BCUT2D eigenvalue weighted by Crippen LogP contribution is 2.43. The number of ether oxygens (including phenoxy) is 1. The average molecular weight is 835 g/mol. The van der Waals surface area contributed by atoms with Gasteiger partial charge in [0.05, 0.1) is 24.0 Å². The zero-order chi connectivity index (χ0) is 41.3. The van der Waals surface area contributed by atoms with Crippen LogP contribution in [0.3, 0.4) is 0 Å². The van der Waals surface area contributed by atoms with Gasteiger partial charge in [-0.15, -0.1) is 5.06 Å². The lowest BCUT2D eigenvalue weighted by atomic mass is 10.1. The van der Waals surface area contributed by atoms with Crippen LogP contribution in [0.4, 0.5) is 5.82 Å². The van der Waals surface area contributed by atoms with E-state index in [4.69, 9.17) is 29.3 Å². The number of carbonyl (C=O) groups is 4. The van der Waals surface area contributed by atoms with Crippen molar-refractivity contribution in [3.8, 4) is 11.5 Å². The van der Waals surface area contributed by atoms with Crippen molar-refractivity contribution in [1.82, 2.24) is 24.9 Å². The number of aryl methyl sites for hydroxylation is 2. The molecule has 1 aliphatic heterocycles. The smallest absolute Gasteiger partial charge is 0.404 e. The summed E-state index contributed by atoms with van der Waals surface area (Å²) in [4.78, 5) is 99.2. The summed E-state index contributed by atoms with van der Waals surface area (Å²) in [5, 5.41) is 3.83. The number of carbonyl (C=O) groups excluding carboxylic acids is 4. The first kappa shape index (κ1) is 43.2. The van der Waals surface area contributed by atoms with Crippen LogP contribution in [0.2, 0.25) is 0 Å². The highest BCUT2D eigenvalue weighted by atomic mass is 31.2. The summed E-state index contributed by atoms with van der Waals surface area (Å²) in [6.45, 7) is 3.04. The second kappa shape index (κ2) is 19.0. The molecule has 5 rings (SSSR count). The molecule has 1 saturated heterocycles. The molecule has 0 radical (unpaired) electrons. The van der Waals surface area contributed by atoms with Crippen LogP contribution >= 0.6 is 15.6 Å². The van der Waals surface area contributed by atoms with Gasteiger partial charge < -0.3 is 34.2 Å². The largest absolute Gasteiger partial charge is 0.524 e. The van der Waals surface area contributed by atoms with Crippen LogP contribution in [0, 0.1) is 0 Å². The van der Waals surface area contributed by atoms with Crippen molar-refractivity contribution in [3.05, 3.63) is 53.3 Å². The van der Waals surface area contributed by atoms with Crippen molar-refractivity contribution in [2.45, 2.75) is 77.7 Å². The summed E-state index contributed by atoms with van der Waals surface area (Å²) in [5.41, 5.74) is 9.08. The lowest BCUT2D eigenvalue weighted by Gasteiger charge is -2.17. The molecule has 308 valence electrons. The molecule has 1 aliphatic rings. The number of hydrogen-bond donors (Lipinski definition) is 6. The Hall–Kier alpha value is -4.94. The number of rotatable bonds is 21. The van der Waals surface area contributed by atoms with Crippen LogP contribution in [-0.2, 0) is 57.3 Å². The first-order valence-corrected chi connectivity index (χ1v) is 21.2. The van der Waals surface area contributed by atoms with Crippen LogP contribution in [0.15, 0.2) is 36.4 Å². The first-order chi connectivity index (χ1) is 27.0. The third kappa shape index (κ3) is 12.3. The Morgan fingerprint density at radius 2 is 1.61 bits per heavy atom. The standard InChI is InChI=1S/C35H44N6O14P2/c1-2-3-7-28-39-33-34(40(28)21-23-20-24(54-56(46,47)48)9-11-27(23)55-57(49,50)51)25-19-22(8-10-26(25)38-35(33)36)6-4-17-52-18-5-16-37-29(42)12-15-32(45)53-41-30(43)13-14-31(41)44/h8-11,19-20H,2-7,12-18,21H2,1H3,(H2,36,38)(H,37,42)(H2,46,47,48)(H2,49,50,51). The van der Waals surface area contributed by atoms with Gasteiger partial charge in [0, 0.05) is 56.4 Å². The lowest BCUT2D eigenvalue weighted by Crippen LogP contribution is -2.32. The van der Waals surface area contributed by atoms with Gasteiger partial charge >= 0.3 is 21.6 Å². The van der Waals surface area contributed by atoms with E-state index < -0.39 is 33.4 Å². The van der Waals surface area contributed by atoms with Gasteiger partial charge in [0.2, 0.25) is 5.91 Å². The predicted octanol–water partition coefficient (Wildman–Crippen LogP) is 3.34. The van der Waals surface area contributed by atoms with Crippen molar-refractivity contribution < 1.29 is 66.5 Å². The molecule has 22 heteroatoms. The lowest BCUT2D eigenvalue weighted by molar-refractivity contribution is -0.197. The van der Waals surface area contributed by atoms with Gasteiger partial charge in [0.25, 0.3) is 11.8 Å². The number of pyridine rings is 1. The minimum Gasteiger partial charge on any atom is -0.404 e. The molecule has 0 spiro atoms. The Balaban J connectivity index is 1.22. The summed E-state index contributed by atoms with van der Waals surface area (Å²) in [6.07, 6.45) is 3.43. The molecule has 3 amide bonds. The van der Waals surface area contributed by atoms with E-state index in [1.165, 1.54) is 6.07 Å². The molecular formula is C35H44N6O14P2. The van der Waals surface area contributed by atoms with Gasteiger partial charge in [-0.05, 0) is 61.6 Å². The number of nitrogens with one attached hydrogen (secondary N) is 1. The number of amides is 3. The van der Waals surface area contributed by atoms with E-state index in [9.17, 15) is 47.9 Å². The van der Waals surface area contributed by atoms with Crippen molar-refractivity contribution >= 4 is 67.1 Å². The molecule has 0 atom stereocenters. The first-order valence-electron chi connectivity index (χ1n) is 18.1. The number of nitrogen functional groups attached to an aromatic ring is 1. The van der Waals surface area contributed by atoms with E-state index in [-0.39, 0.29) is 61.0 Å². The molecule has 2 aromatic carbocycles. The number of hydrogen-bond acceptors (Lipinski definition) is 13. The number of phosphoric acid groups is 2. The monoisotopic (exact) mass is 834 g/mol. The Labute approximate surface area is 326 Å². The summed E-state index contributed by atoms with van der Waals surface area (Å²) in [5.74, 6) is -2.12. The van der Waals surface area contributed by atoms with Gasteiger partial charge in [0.1, 0.15) is 22.8 Å². The number of phosphoric ester groups is 2. The Bertz CT molecular complexity index is 2220. The summed E-state index contributed by atoms with van der Waals surface area (Å²) in [7, 11) is -10.0. The molecule has 2 aromatic heterocycles. The van der Waals surface area contributed by atoms with Gasteiger partial charge in [-0.2, -0.15) is 0 Å². The number of benzene rings is 2. The van der Waals surface area contributed by atoms with E-state index in [0.29, 0.717) is 78.3 Å². The maximum Gasteiger partial charge on any atom is 0.524 e. The third-order valence-corrected chi connectivity index (χ3v) is 9.58. The van der Waals surface area contributed by atoms with E-state index in [2.05, 4.69) is 10.3 Å². The zero-order valence-electron chi connectivity index (χ0n) is 31.0. The molecule has 57 heavy (non-hydrogen) atoms. The second-order valence-corrected chi connectivity index (χ2v) is 15.5. The number of imidazole rings is 1. The van der Waals surface area contributed by atoms with Crippen molar-refractivity contribution in [2.24, 2.45) is 0 Å². The van der Waals surface area contributed by atoms with Gasteiger partial charge in [-0.25, -0.2) is 23.9 Å². The predicted molar refractivity (Wildman–Crippen MR) is 202 cm³/mol. The van der Waals surface area contributed by atoms with Gasteiger partial charge in [-0.1, -0.05) is 19.4 Å². The third-order valence-electron chi connectivity index (χ3n) is 8.70. The molecule has 20 nitrogen and oxygen atoms in total. The minimum absolute atomic E-state index is 0.0161. The van der Waals surface area contributed by atoms with E-state index in [0.717, 1.165) is 30.5 Å². The zero-order valence-corrected chi connectivity index (χ0v) is 32.8. The maximum atomic E-state index is 12.1. The number of nitrogens with zero attached hydrogens (tertiary/aromatic N) is 4. The number of hydroxylamine groups is 2. The van der Waals surface area contributed by atoms with E-state index in [1.807, 2.05) is 29.7 Å². The summed E-state index contributed by atoms with van der Waals surface area (Å²) in [6, 6.07) is 9.22. The second-order valence-electron chi connectivity index (χ2n) is 13.2. The fourth-order valence-corrected chi connectivity index (χ4v) is 6.93. The number of unbranched alkanes of at least 4 members (excludes halogenated alkanes) is 1. The summed E-state index contributed by atoms with van der Waals surface area (Å²) < 4.78 is 40.7. The average Bonchev–Trinajstić information content (AvgIpc) is 3.66. The normalized spacial score (nSPS) is 13.5. The SMILES string of the molecule is CCCCc1nc2c(N)nc3ccc(CCCOCCCNC(=O)CCC(=O)ON4C(=O)CCC4=O)cc3c2n1Cc1cc(OP(=O)(O)O)ccc1OP(=O)(O)O. The molecule has 0 unspecified atom stereocenters. The van der Waals surface area contributed by atoms with Crippen molar-refractivity contribution in [2.75, 3.05) is 25.5 Å². The number of fused-ring (bicyclic) bond motifs is 3. The fourth-order valence-electron chi connectivity index (χ4n) is 6.11. The molecule has 3 heterocycles. The molecule has 0 saturated carbocycles. The van der Waals surface area contributed by atoms with Gasteiger partial charge in [-0.3, -0.25) is 34.0 Å². The quantitative estimate of drug-likeness (QED) is 0.0398. The maximum absolute atomic E-state index is 12.1. The highest BCUT2D eigenvalue weighted by Gasteiger charge is 2.33. The molecular weight excluding hydrogens is 790 g/mol. The van der Waals surface area contributed by atoms with Crippen LogP contribution in [-0.4, -0.2) is 82.6 Å². The van der Waals surface area contributed by atoms with Crippen LogP contribution in [0.1, 0.15) is 75.2 Å². The Kier molecular flexibility index (Phi) is 14.4. The van der Waals surface area contributed by atoms with Crippen molar-refractivity contribution in [3.63, 3.8) is 0 Å².